The Labute approximate surface area is 123 Å². The number of nitrogens with zero attached hydrogens (tertiary/aromatic N) is 1. The minimum absolute atomic E-state index is 0.00458. The van der Waals surface area contributed by atoms with Crippen LogP contribution >= 0.6 is 0 Å². The zero-order chi connectivity index (χ0) is 15.0. The number of amides is 2. The predicted molar refractivity (Wildman–Crippen MR) is 77.7 cm³/mol. The number of carbonyl (C=O) groups excluding carboxylic acids is 2. The van der Waals surface area contributed by atoms with Crippen LogP contribution in [0.3, 0.4) is 0 Å². The van der Waals surface area contributed by atoms with Gasteiger partial charge in [0.1, 0.15) is 5.75 Å². The average molecular weight is 289 g/mol. The molecule has 0 saturated heterocycles. The highest BCUT2D eigenvalue weighted by atomic mass is 16.5. The van der Waals surface area contributed by atoms with Crippen LogP contribution in [0.2, 0.25) is 0 Å². The molecule has 1 heterocycles. The number of para-hydroxylation sites is 2. The summed E-state index contributed by atoms with van der Waals surface area (Å²) in [7, 11) is 0. The molecule has 0 bridgehead atoms. The fourth-order valence-electron chi connectivity index (χ4n) is 3.05. The molecule has 21 heavy (non-hydrogen) atoms. The molecule has 6 nitrogen and oxygen atoms in total. The van der Waals surface area contributed by atoms with Gasteiger partial charge in [-0.05, 0) is 31.4 Å². The number of nitrogens with two attached hydrogens (primary N) is 2. The topological polar surface area (TPSA) is 98.7 Å². The molecule has 112 valence electrons. The van der Waals surface area contributed by atoms with Crippen LogP contribution in [-0.4, -0.2) is 30.5 Å². The molecule has 1 aromatic carbocycles. The predicted octanol–water partition coefficient (Wildman–Crippen LogP) is 0.393. The average Bonchev–Trinajstić information content (AvgIpc) is 2.92. The lowest BCUT2D eigenvalue weighted by atomic mass is 10.0. The Morgan fingerprint density at radius 3 is 2.67 bits per heavy atom. The molecule has 0 spiro atoms. The van der Waals surface area contributed by atoms with E-state index in [2.05, 4.69) is 0 Å². The number of primary amides is 1. The third kappa shape index (κ3) is 2.58. The molecule has 3 unspecified atom stereocenters. The third-order valence-electron chi connectivity index (χ3n) is 4.18. The van der Waals surface area contributed by atoms with Crippen LogP contribution in [0, 0.1) is 5.92 Å². The first-order valence-electron chi connectivity index (χ1n) is 7.18. The van der Waals surface area contributed by atoms with Gasteiger partial charge in [-0.15, -0.1) is 0 Å². The van der Waals surface area contributed by atoms with Crippen LogP contribution in [0.5, 0.6) is 5.75 Å². The van der Waals surface area contributed by atoms with Gasteiger partial charge in [-0.1, -0.05) is 12.1 Å². The molecule has 1 aliphatic carbocycles. The maximum atomic E-state index is 12.7. The molecule has 3 atom stereocenters. The maximum Gasteiger partial charge on any atom is 0.260 e. The number of hydrogen-bond acceptors (Lipinski definition) is 4. The Hall–Kier alpha value is -2.08. The number of anilines is 1. The SMILES string of the molecule is NC(=O)C1CN(C(=O)C2CCC(N)C2)c2ccccc2O1. The molecule has 3 rings (SSSR count). The summed E-state index contributed by atoms with van der Waals surface area (Å²) in [5, 5.41) is 0. The second kappa shape index (κ2) is 5.37. The smallest absolute Gasteiger partial charge is 0.260 e. The van der Waals surface area contributed by atoms with E-state index in [9.17, 15) is 9.59 Å². The lowest BCUT2D eigenvalue weighted by molar-refractivity contribution is -0.126. The second-order valence-electron chi connectivity index (χ2n) is 5.70. The van der Waals surface area contributed by atoms with E-state index in [0.29, 0.717) is 17.9 Å². The van der Waals surface area contributed by atoms with Crippen LogP contribution in [0.25, 0.3) is 0 Å². The minimum Gasteiger partial charge on any atom is -0.477 e. The highest BCUT2D eigenvalue weighted by Crippen LogP contribution is 2.36. The quantitative estimate of drug-likeness (QED) is 0.823. The third-order valence-corrected chi connectivity index (χ3v) is 4.18. The molecule has 1 fully saturated rings. The standard InChI is InChI=1S/C15H19N3O3/c16-10-6-5-9(7-10)15(20)18-8-13(14(17)19)21-12-4-2-1-3-11(12)18/h1-4,9-10,13H,5-8,16H2,(H2,17,19). The van der Waals surface area contributed by atoms with Crippen molar-refractivity contribution >= 4 is 17.5 Å². The van der Waals surface area contributed by atoms with E-state index in [4.69, 9.17) is 16.2 Å². The second-order valence-corrected chi connectivity index (χ2v) is 5.70. The lowest BCUT2D eigenvalue weighted by Gasteiger charge is -2.34. The molecule has 2 aliphatic rings. The van der Waals surface area contributed by atoms with E-state index in [1.807, 2.05) is 12.1 Å². The Morgan fingerprint density at radius 1 is 1.24 bits per heavy atom. The molecule has 2 amide bonds. The van der Waals surface area contributed by atoms with Gasteiger partial charge in [0.05, 0.1) is 12.2 Å². The summed E-state index contributed by atoms with van der Waals surface area (Å²) >= 11 is 0. The van der Waals surface area contributed by atoms with Crippen molar-refractivity contribution in [3.05, 3.63) is 24.3 Å². The molecular formula is C15H19N3O3. The number of rotatable bonds is 2. The van der Waals surface area contributed by atoms with Gasteiger partial charge in [-0.25, -0.2) is 0 Å². The minimum atomic E-state index is -0.807. The van der Waals surface area contributed by atoms with Gasteiger partial charge in [0.25, 0.3) is 5.91 Å². The van der Waals surface area contributed by atoms with E-state index in [0.717, 1.165) is 12.8 Å². The number of benzene rings is 1. The van der Waals surface area contributed by atoms with Crippen LogP contribution in [0.4, 0.5) is 5.69 Å². The van der Waals surface area contributed by atoms with Crippen LogP contribution < -0.4 is 21.1 Å². The fraction of sp³-hybridized carbons (Fsp3) is 0.467. The number of hydrogen-bond donors (Lipinski definition) is 2. The first-order chi connectivity index (χ1) is 10.1. The van der Waals surface area contributed by atoms with Gasteiger partial charge >= 0.3 is 0 Å². The first-order valence-corrected chi connectivity index (χ1v) is 7.18. The number of carbonyl (C=O) groups is 2. The van der Waals surface area contributed by atoms with E-state index in [1.54, 1.807) is 17.0 Å². The zero-order valence-corrected chi connectivity index (χ0v) is 11.7. The van der Waals surface area contributed by atoms with Crippen molar-refractivity contribution < 1.29 is 14.3 Å². The number of ether oxygens (including phenoxy) is 1. The molecule has 6 heteroatoms. The zero-order valence-electron chi connectivity index (χ0n) is 11.7. The summed E-state index contributed by atoms with van der Waals surface area (Å²) in [4.78, 5) is 25.8. The summed E-state index contributed by atoms with van der Waals surface area (Å²) in [6, 6.07) is 7.29. The van der Waals surface area contributed by atoms with E-state index < -0.39 is 12.0 Å². The van der Waals surface area contributed by atoms with E-state index in [-0.39, 0.29) is 24.4 Å². The molecule has 1 aliphatic heterocycles. The van der Waals surface area contributed by atoms with Gasteiger partial charge in [-0.2, -0.15) is 0 Å². The number of fused-ring (bicyclic) bond motifs is 1. The highest BCUT2D eigenvalue weighted by molar-refractivity contribution is 5.98. The Balaban J connectivity index is 1.89. The van der Waals surface area contributed by atoms with Crippen LogP contribution in [-0.2, 0) is 9.59 Å². The molecule has 1 saturated carbocycles. The lowest BCUT2D eigenvalue weighted by Crippen LogP contribution is -2.50. The van der Waals surface area contributed by atoms with Gasteiger partial charge in [-0.3, -0.25) is 9.59 Å². The maximum absolute atomic E-state index is 12.7. The van der Waals surface area contributed by atoms with Crippen molar-refractivity contribution in [3.8, 4) is 5.75 Å². The summed E-state index contributed by atoms with van der Waals surface area (Å²) in [6.07, 6.45) is 1.54. The van der Waals surface area contributed by atoms with Gasteiger partial charge in [0.15, 0.2) is 6.10 Å². The Kier molecular flexibility index (Phi) is 3.55. The summed E-state index contributed by atoms with van der Waals surface area (Å²) in [5.74, 6) is -0.127. The van der Waals surface area contributed by atoms with Crippen LogP contribution in [0.15, 0.2) is 24.3 Å². The van der Waals surface area contributed by atoms with E-state index >= 15 is 0 Å². The van der Waals surface area contributed by atoms with Gasteiger partial charge in [0, 0.05) is 12.0 Å². The van der Waals surface area contributed by atoms with Crippen molar-refractivity contribution in [2.24, 2.45) is 17.4 Å². The van der Waals surface area contributed by atoms with Gasteiger partial charge in [0.2, 0.25) is 5.91 Å². The first kappa shape index (κ1) is 13.9. The monoisotopic (exact) mass is 289 g/mol. The molecule has 0 radical (unpaired) electrons. The van der Waals surface area contributed by atoms with Crippen LogP contribution in [0.1, 0.15) is 19.3 Å². The Morgan fingerprint density at radius 2 is 2.00 bits per heavy atom. The summed E-state index contributed by atoms with van der Waals surface area (Å²) in [6.45, 7) is 0.164. The highest BCUT2D eigenvalue weighted by Gasteiger charge is 2.37. The molecule has 0 aromatic heterocycles. The largest absolute Gasteiger partial charge is 0.477 e. The van der Waals surface area contributed by atoms with Crippen molar-refractivity contribution in [1.82, 2.24) is 0 Å². The molecule has 4 N–H and O–H groups in total. The molecular weight excluding hydrogens is 270 g/mol. The van der Waals surface area contributed by atoms with Crippen molar-refractivity contribution in [2.75, 3.05) is 11.4 Å². The molecule has 1 aromatic rings. The fourth-order valence-corrected chi connectivity index (χ4v) is 3.05. The Bertz CT molecular complexity index is 575. The van der Waals surface area contributed by atoms with Crippen molar-refractivity contribution in [3.63, 3.8) is 0 Å². The van der Waals surface area contributed by atoms with Crippen molar-refractivity contribution in [1.29, 1.82) is 0 Å². The van der Waals surface area contributed by atoms with Crippen molar-refractivity contribution in [2.45, 2.75) is 31.4 Å². The summed E-state index contributed by atoms with van der Waals surface area (Å²) in [5.41, 5.74) is 11.9. The summed E-state index contributed by atoms with van der Waals surface area (Å²) < 4.78 is 5.56. The van der Waals surface area contributed by atoms with Gasteiger partial charge < -0.3 is 21.1 Å². The van der Waals surface area contributed by atoms with E-state index in [1.165, 1.54) is 0 Å². The normalized spacial score (nSPS) is 27.9.